The van der Waals surface area contributed by atoms with E-state index in [1.807, 2.05) is 63.2 Å². The Bertz CT molecular complexity index is 2050. The van der Waals surface area contributed by atoms with Gasteiger partial charge in [0.2, 0.25) is 5.96 Å². The van der Waals surface area contributed by atoms with Crippen molar-refractivity contribution in [1.82, 2.24) is 29.5 Å². The van der Waals surface area contributed by atoms with Crippen molar-refractivity contribution in [3.05, 3.63) is 101 Å². The maximum Gasteiger partial charge on any atom is 0.320 e. The highest BCUT2D eigenvalue weighted by molar-refractivity contribution is 5.89. The second kappa shape index (κ2) is 15.4. The third kappa shape index (κ3) is 7.94. The lowest BCUT2D eigenvalue weighted by Crippen LogP contribution is -2.51. The number of nitrogens with one attached hydrogen (secondary N) is 4. The molecule has 2 saturated heterocycles. The summed E-state index contributed by atoms with van der Waals surface area (Å²) in [4.78, 5) is 18.2. The molecule has 286 valence electrons. The summed E-state index contributed by atoms with van der Waals surface area (Å²) in [5.74, 6) is 0.856. The van der Waals surface area contributed by atoms with E-state index in [9.17, 15) is 4.79 Å². The van der Waals surface area contributed by atoms with Crippen molar-refractivity contribution in [3.63, 3.8) is 0 Å². The monoisotopic (exact) mass is 735 g/mol. The molecular weight excluding hydrogens is 682 g/mol. The van der Waals surface area contributed by atoms with Gasteiger partial charge in [-0.1, -0.05) is 51.1 Å². The van der Waals surface area contributed by atoms with Gasteiger partial charge in [-0.3, -0.25) is 25.6 Å². The van der Waals surface area contributed by atoms with Crippen LogP contribution < -0.4 is 20.9 Å². The van der Waals surface area contributed by atoms with Gasteiger partial charge in [0.15, 0.2) is 0 Å². The number of fused-ring (bicyclic) bond motifs is 1. The number of ether oxygens (including phenoxy) is 1. The van der Waals surface area contributed by atoms with Crippen LogP contribution in [0, 0.1) is 16.6 Å². The van der Waals surface area contributed by atoms with Crippen LogP contribution in [0.3, 0.4) is 0 Å². The first-order chi connectivity index (χ1) is 25.9. The van der Waals surface area contributed by atoms with Gasteiger partial charge in [-0.2, -0.15) is 5.10 Å². The number of nitrogens with zero attached hydrogens (tertiary/aromatic N) is 5. The second-order valence-corrected chi connectivity index (χ2v) is 16.3. The van der Waals surface area contributed by atoms with Gasteiger partial charge in [0.25, 0.3) is 0 Å². The summed E-state index contributed by atoms with van der Waals surface area (Å²) in [6.07, 6.45) is 8.28. The number of rotatable bonds is 7. The van der Waals surface area contributed by atoms with E-state index in [1.165, 1.54) is 23.6 Å². The minimum atomic E-state index is -0.408. The molecule has 0 unspecified atom stereocenters. The molecule has 11 nitrogen and oxygen atoms in total. The number of anilines is 1. The van der Waals surface area contributed by atoms with Crippen LogP contribution in [0.15, 0.2) is 66.9 Å². The van der Waals surface area contributed by atoms with Gasteiger partial charge < -0.3 is 15.0 Å². The molecule has 2 fully saturated rings. The van der Waals surface area contributed by atoms with Crippen LogP contribution in [0.4, 0.5) is 15.0 Å². The van der Waals surface area contributed by atoms with E-state index in [4.69, 9.17) is 20.7 Å². The molecule has 4 heterocycles. The smallest absolute Gasteiger partial charge is 0.320 e. The van der Waals surface area contributed by atoms with Gasteiger partial charge in [-0.05, 0) is 113 Å². The molecule has 2 aromatic carbocycles. The average Bonchev–Trinajstić information content (AvgIpc) is 3.81. The third-order valence-corrected chi connectivity index (χ3v) is 11.2. The SMILES string of the molecule is C[C@@H]1CCC[C@H](C)N1C(=N)n1cc(O[C@@H]2CC[C@H](NC(=O)Nc3cc(C(C)(C)C)nn3-c3cc(CN4CCCC4)ccc3F)c3ccccc32)ccc1=N. The minimum absolute atomic E-state index is 0.225. The van der Waals surface area contributed by atoms with E-state index in [1.54, 1.807) is 22.9 Å². The molecule has 54 heavy (non-hydrogen) atoms. The van der Waals surface area contributed by atoms with E-state index in [-0.39, 0.29) is 41.1 Å². The van der Waals surface area contributed by atoms with Gasteiger partial charge in [0.1, 0.15) is 34.7 Å². The Morgan fingerprint density at radius 1 is 0.944 bits per heavy atom. The number of carbonyl (C=O) groups is 1. The predicted octanol–water partition coefficient (Wildman–Crippen LogP) is 8.01. The van der Waals surface area contributed by atoms with Crippen LogP contribution >= 0.6 is 0 Å². The summed E-state index contributed by atoms with van der Waals surface area (Å²) >= 11 is 0. The quantitative estimate of drug-likeness (QED) is 0.113. The number of hydrogen-bond donors (Lipinski definition) is 4. The largest absolute Gasteiger partial charge is 0.484 e. The Morgan fingerprint density at radius 3 is 2.39 bits per heavy atom. The van der Waals surface area contributed by atoms with Crippen molar-refractivity contribution in [2.75, 3.05) is 18.4 Å². The van der Waals surface area contributed by atoms with Crippen molar-refractivity contribution in [3.8, 4) is 11.4 Å². The van der Waals surface area contributed by atoms with E-state index in [0.29, 0.717) is 30.1 Å². The number of amides is 2. The fourth-order valence-corrected chi connectivity index (χ4v) is 8.23. The lowest BCUT2D eigenvalue weighted by atomic mass is 9.85. The molecular formula is C42H54FN9O2. The fourth-order valence-electron chi connectivity index (χ4n) is 8.23. The van der Waals surface area contributed by atoms with Crippen molar-refractivity contribution >= 4 is 17.8 Å². The summed E-state index contributed by atoms with van der Waals surface area (Å²) in [6, 6.07) is 18.2. The molecule has 1 aliphatic carbocycles. The zero-order chi connectivity index (χ0) is 38.1. The molecule has 0 saturated carbocycles. The summed E-state index contributed by atoms with van der Waals surface area (Å²) in [5, 5.41) is 28.6. The first-order valence-corrected chi connectivity index (χ1v) is 19.4. The standard InChI is InChI=1S/C42H54FN9O2/c1-27-11-10-12-28(2)51(27)40(45)50-26-30(16-20-38(50)44)54-36-19-18-34(31-13-6-7-14-32(31)36)46-41(53)47-39-24-37(42(3,4)5)48-52(39)35-23-29(15-17-33(35)43)25-49-21-8-9-22-49/h6-7,13-17,20,23-24,26-28,34,36,44-45H,8-12,18-19,21-22,25H2,1-5H3,(H2,46,47,53)/t27-,28+,34-,36+/m0/s1. The van der Waals surface area contributed by atoms with Gasteiger partial charge >= 0.3 is 6.03 Å². The molecule has 2 aliphatic heterocycles. The summed E-state index contributed by atoms with van der Waals surface area (Å²) < 4.78 is 25.2. The van der Waals surface area contributed by atoms with E-state index in [2.05, 4.69) is 34.3 Å². The molecule has 0 spiro atoms. The fraction of sp³-hybridized carbons (Fsp3) is 0.476. The normalized spacial score (nSPS) is 21.8. The second-order valence-electron chi connectivity index (χ2n) is 16.3. The maximum absolute atomic E-state index is 15.5. The predicted molar refractivity (Wildman–Crippen MR) is 209 cm³/mol. The van der Waals surface area contributed by atoms with Crippen LogP contribution in [-0.2, 0) is 12.0 Å². The molecule has 4 atom stereocenters. The lowest BCUT2D eigenvalue weighted by Gasteiger charge is -2.41. The lowest BCUT2D eigenvalue weighted by molar-refractivity contribution is 0.170. The molecule has 4 N–H and O–H groups in total. The maximum atomic E-state index is 15.5. The summed E-state index contributed by atoms with van der Waals surface area (Å²) in [5.41, 5.74) is 3.87. The van der Waals surface area contributed by atoms with Crippen LogP contribution in [-0.4, -0.2) is 61.3 Å². The topological polar surface area (TPSA) is 127 Å². The molecule has 2 aromatic heterocycles. The number of likely N-dealkylation sites (tertiary alicyclic amines) is 2. The third-order valence-electron chi connectivity index (χ3n) is 11.2. The Kier molecular flexibility index (Phi) is 10.7. The molecule has 12 heteroatoms. The van der Waals surface area contributed by atoms with Crippen molar-refractivity contribution in [1.29, 1.82) is 10.8 Å². The molecule has 2 amide bonds. The van der Waals surface area contributed by atoms with E-state index in [0.717, 1.165) is 61.3 Å². The number of halogens is 1. The highest BCUT2D eigenvalue weighted by atomic mass is 19.1. The highest BCUT2D eigenvalue weighted by Gasteiger charge is 2.32. The Morgan fingerprint density at radius 2 is 1.67 bits per heavy atom. The average molecular weight is 736 g/mol. The first kappa shape index (κ1) is 37.3. The summed E-state index contributed by atoms with van der Waals surface area (Å²) in [7, 11) is 0. The van der Waals surface area contributed by atoms with Gasteiger partial charge in [0, 0.05) is 30.1 Å². The van der Waals surface area contributed by atoms with Crippen molar-refractivity contribution < 1.29 is 13.9 Å². The molecule has 0 bridgehead atoms. The number of hydrogen-bond acceptors (Lipinski definition) is 6. The van der Waals surface area contributed by atoms with Crippen LogP contribution in [0.5, 0.6) is 5.75 Å². The molecule has 7 rings (SSSR count). The Labute approximate surface area is 317 Å². The zero-order valence-corrected chi connectivity index (χ0v) is 32.2. The van der Waals surface area contributed by atoms with Crippen molar-refractivity contribution in [2.24, 2.45) is 0 Å². The molecule has 0 radical (unpaired) electrons. The minimum Gasteiger partial charge on any atom is -0.484 e. The van der Waals surface area contributed by atoms with E-state index < -0.39 is 11.8 Å². The highest BCUT2D eigenvalue weighted by Crippen LogP contribution is 2.39. The molecule has 3 aliphatic rings. The zero-order valence-electron chi connectivity index (χ0n) is 32.2. The first-order valence-electron chi connectivity index (χ1n) is 19.4. The number of benzene rings is 2. The number of urea groups is 1. The van der Waals surface area contributed by atoms with Crippen LogP contribution in [0.25, 0.3) is 5.69 Å². The number of carbonyl (C=O) groups excluding carboxylic acids is 1. The van der Waals surface area contributed by atoms with E-state index >= 15 is 4.39 Å². The number of aromatic nitrogens is 3. The van der Waals surface area contributed by atoms with Crippen molar-refractivity contribution in [2.45, 2.75) is 116 Å². The van der Waals surface area contributed by atoms with Gasteiger partial charge in [-0.25, -0.2) is 13.9 Å². The number of pyridine rings is 1. The van der Waals surface area contributed by atoms with Gasteiger partial charge in [0.05, 0.1) is 17.9 Å². The molecule has 4 aromatic rings. The van der Waals surface area contributed by atoms with Crippen LogP contribution in [0.1, 0.15) is 114 Å². The summed E-state index contributed by atoms with van der Waals surface area (Å²) in [6.45, 7) is 13.2. The number of piperidine rings is 1. The Hall–Kier alpha value is -4.97. The van der Waals surface area contributed by atoms with Gasteiger partial charge in [-0.15, -0.1) is 0 Å². The van der Waals surface area contributed by atoms with Crippen LogP contribution in [0.2, 0.25) is 0 Å². The Balaban J connectivity index is 1.08.